The van der Waals surface area contributed by atoms with Gasteiger partial charge in [-0.1, -0.05) is 20.4 Å². The smallest absolute Gasteiger partial charge is 0.106 e. The van der Waals surface area contributed by atoms with Crippen molar-refractivity contribution >= 4 is 12.6 Å². The van der Waals surface area contributed by atoms with Gasteiger partial charge in [0.25, 0.3) is 0 Å². The highest BCUT2D eigenvalue weighted by atomic mass is 14.7. The predicted octanol–water partition coefficient (Wildman–Crippen LogP) is 2.27. The minimum absolute atomic E-state index is 0.864. The molecule has 0 heterocycles. The zero-order valence-electron chi connectivity index (χ0n) is 6.31. The number of hydrogen-bond acceptors (Lipinski definition) is 1. The first-order chi connectivity index (χ1) is 4.27. The molecule has 0 atom stereocenters. The third kappa shape index (κ3) is 19.3. The molecule has 2 nitrogen and oxygen atoms in total. The Morgan fingerprint density at radius 2 is 2.00 bits per heavy atom. The van der Waals surface area contributed by atoms with Gasteiger partial charge in [-0.05, 0) is 12.5 Å². The second-order valence-corrected chi connectivity index (χ2v) is 1.25. The Balaban J connectivity index is 0. The van der Waals surface area contributed by atoms with E-state index in [1.54, 1.807) is 0 Å². The Labute approximate surface area is 56.8 Å². The molecule has 0 aromatic carbocycles. The highest BCUT2D eigenvalue weighted by Gasteiger charge is 1.67. The Morgan fingerprint density at radius 1 is 1.56 bits per heavy atom. The second kappa shape index (κ2) is 10.1. The van der Waals surface area contributed by atoms with Crippen LogP contribution in [0.3, 0.4) is 0 Å². The maximum Gasteiger partial charge on any atom is 0.106 e. The third-order valence-electron chi connectivity index (χ3n) is 0.369. The Hall–Kier alpha value is -0.920. The van der Waals surface area contributed by atoms with Crippen LogP contribution < -0.4 is 0 Å². The lowest BCUT2D eigenvalue weighted by Crippen LogP contribution is -1.71. The Morgan fingerprint density at radius 3 is 2.11 bits per heavy atom. The number of rotatable bonds is 2. The monoisotopic (exact) mass is 126 g/mol. The fraction of sp³-hybridized carbons (Fsp3) is 0.429. The van der Waals surface area contributed by atoms with Crippen LogP contribution in [0.5, 0.6) is 0 Å². The maximum absolute atomic E-state index is 6.43. The van der Waals surface area contributed by atoms with Crippen molar-refractivity contribution in [3.63, 3.8) is 0 Å². The van der Waals surface area contributed by atoms with Crippen LogP contribution in [0.1, 0.15) is 20.8 Å². The molecule has 0 saturated carbocycles. The first-order valence-electron chi connectivity index (χ1n) is 2.95. The van der Waals surface area contributed by atoms with Crippen molar-refractivity contribution in [2.75, 3.05) is 0 Å². The molecule has 0 amide bonds. The van der Waals surface area contributed by atoms with Crippen molar-refractivity contribution in [2.45, 2.75) is 20.8 Å². The molecule has 0 spiro atoms. The van der Waals surface area contributed by atoms with Gasteiger partial charge < -0.3 is 0 Å². The van der Waals surface area contributed by atoms with E-state index in [0.29, 0.717) is 0 Å². The summed E-state index contributed by atoms with van der Waals surface area (Å²) in [4.78, 5) is 3.49. The van der Waals surface area contributed by atoms with Crippen LogP contribution in [-0.2, 0) is 0 Å². The average molecular weight is 126 g/mol. The van der Waals surface area contributed by atoms with Gasteiger partial charge in [-0.3, -0.25) is 5.41 Å². The van der Waals surface area contributed by atoms with Crippen molar-refractivity contribution < 1.29 is 0 Å². The van der Waals surface area contributed by atoms with Gasteiger partial charge >= 0.3 is 0 Å². The SMILES string of the molecule is C=C(C)C=NC=N.CC. The van der Waals surface area contributed by atoms with Crippen LogP contribution in [0, 0.1) is 5.41 Å². The average Bonchev–Trinajstić information content (AvgIpc) is 1.88. The van der Waals surface area contributed by atoms with Gasteiger partial charge in [0.1, 0.15) is 6.34 Å². The minimum Gasteiger partial charge on any atom is -0.290 e. The van der Waals surface area contributed by atoms with Crippen LogP contribution in [0.25, 0.3) is 0 Å². The molecular weight excluding hydrogens is 112 g/mol. The zero-order valence-corrected chi connectivity index (χ0v) is 6.31. The molecule has 0 fully saturated rings. The fourth-order valence-electron chi connectivity index (χ4n) is 0.165. The predicted molar refractivity (Wildman–Crippen MR) is 43.4 cm³/mol. The van der Waals surface area contributed by atoms with E-state index in [1.807, 2.05) is 20.8 Å². The topological polar surface area (TPSA) is 36.2 Å². The molecule has 0 aliphatic heterocycles. The van der Waals surface area contributed by atoms with Crippen molar-refractivity contribution in [3.05, 3.63) is 12.2 Å². The molecule has 52 valence electrons. The summed E-state index contributed by atoms with van der Waals surface area (Å²) in [6, 6.07) is 0. The number of allylic oxidation sites excluding steroid dienone is 1. The molecule has 0 aromatic rings. The first-order valence-corrected chi connectivity index (χ1v) is 2.95. The van der Waals surface area contributed by atoms with E-state index in [-0.39, 0.29) is 0 Å². The van der Waals surface area contributed by atoms with Gasteiger partial charge in [0.05, 0.1) is 0 Å². The molecule has 0 bridgehead atoms. The summed E-state index contributed by atoms with van der Waals surface area (Å²) in [7, 11) is 0. The van der Waals surface area contributed by atoms with Gasteiger partial charge in [0.15, 0.2) is 0 Å². The van der Waals surface area contributed by atoms with Crippen LogP contribution >= 0.6 is 0 Å². The number of nitrogens with one attached hydrogen (secondary N) is 1. The van der Waals surface area contributed by atoms with Crippen molar-refractivity contribution in [3.8, 4) is 0 Å². The van der Waals surface area contributed by atoms with E-state index < -0.39 is 0 Å². The Kier molecular flexibility index (Phi) is 12.3. The molecule has 9 heavy (non-hydrogen) atoms. The molecule has 2 heteroatoms. The van der Waals surface area contributed by atoms with E-state index in [1.165, 1.54) is 6.21 Å². The number of nitrogens with zero attached hydrogens (tertiary/aromatic N) is 1. The summed E-state index contributed by atoms with van der Waals surface area (Å²) in [6.07, 6.45) is 2.52. The lowest BCUT2D eigenvalue weighted by Gasteiger charge is -1.75. The standard InChI is InChI=1S/C5H8N2.C2H6/c1-5(2)3-7-4-6;1-2/h3-4,6H,1H2,2H3;1-2H3. The highest BCUT2D eigenvalue weighted by molar-refractivity contribution is 5.82. The van der Waals surface area contributed by atoms with Gasteiger partial charge in [0.2, 0.25) is 0 Å². The zero-order chi connectivity index (χ0) is 7.70. The molecule has 0 aliphatic carbocycles. The summed E-state index contributed by atoms with van der Waals surface area (Å²) in [5, 5.41) is 6.43. The molecule has 0 aromatic heterocycles. The number of aliphatic imine (C=N–C) groups is 1. The van der Waals surface area contributed by atoms with E-state index in [9.17, 15) is 0 Å². The second-order valence-electron chi connectivity index (χ2n) is 1.25. The lowest BCUT2D eigenvalue weighted by molar-refractivity contribution is 1.50. The summed E-state index contributed by atoms with van der Waals surface area (Å²) in [5.74, 6) is 0. The van der Waals surface area contributed by atoms with Gasteiger partial charge in [-0.2, -0.15) is 0 Å². The summed E-state index contributed by atoms with van der Waals surface area (Å²) in [5.41, 5.74) is 0.864. The van der Waals surface area contributed by atoms with E-state index >= 15 is 0 Å². The van der Waals surface area contributed by atoms with Crippen molar-refractivity contribution in [1.82, 2.24) is 0 Å². The van der Waals surface area contributed by atoms with E-state index in [0.717, 1.165) is 11.9 Å². The summed E-state index contributed by atoms with van der Waals surface area (Å²) >= 11 is 0. The molecule has 0 radical (unpaired) electrons. The van der Waals surface area contributed by atoms with Crippen LogP contribution in [-0.4, -0.2) is 12.6 Å². The summed E-state index contributed by atoms with van der Waals surface area (Å²) < 4.78 is 0. The molecule has 0 unspecified atom stereocenters. The lowest BCUT2D eigenvalue weighted by atomic mass is 10.4. The van der Waals surface area contributed by atoms with Crippen LogP contribution in [0.15, 0.2) is 17.1 Å². The Bertz CT molecular complexity index is 103. The highest BCUT2D eigenvalue weighted by Crippen LogP contribution is 1.75. The van der Waals surface area contributed by atoms with E-state index in [2.05, 4.69) is 11.6 Å². The fourth-order valence-corrected chi connectivity index (χ4v) is 0.165. The molecule has 1 N–H and O–H groups in total. The van der Waals surface area contributed by atoms with Gasteiger partial charge in [0, 0.05) is 6.21 Å². The molecular formula is C7H14N2. The minimum atomic E-state index is 0.864. The maximum atomic E-state index is 6.43. The normalized spacial score (nSPS) is 7.89. The van der Waals surface area contributed by atoms with Gasteiger partial charge in [-0.25, -0.2) is 4.99 Å². The van der Waals surface area contributed by atoms with Gasteiger partial charge in [-0.15, -0.1) is 0 Å². The van der Waals surface area contributed by atoms with Crippen LogP contribution in [0.4, 0.5) is 0 Å². The third-order valence-corrected chi connectivity index (χ3v) is 0.369. The van der Waals surface area contributed by atoms with E-state index in [4.69, 9.17) is 5.41 Å². The summed E-state index contributed by atoms with van der Waals surface area (Å²) in [6.45, 7) is 9.37. The number of hydrogen-bond donors (Lipinski definition) is 1. The molecule has 0 saturated heterocycles. The van der Waals surface area contributed by atoms with Crippen molar-refractivity contribution in [2.24, 2.45) is 4.99 Å². The molecule has 0 rings (SSSR count). The quantitative estimate of drug-likeness (QED) is 0.435. The molecule has 0 aliphatic rings. The van der Waals surface area contributed by atoms with Crippen LogP contribution in [0.2, 0.25) is 0 Å². The first kappa shape index (κ1) is 11.0. The largest absolute Gasteiger partial charge is 0.290 e. The van der Waals surface area contributed by atoms with Crippen molar-refractivity contribution in [1.29, 1.82) is 5.41 Å².